The first-order valence-electron chi connectivity index (χ1n) is 6.72. The molecule has 0 unspecified atom stereocenters. The molecule has 1 N–H and O–H groups in total. The Morgan fingerprint density at radius 3 is 2.80 bits per heavy atom. The van der Waals surface area contributed by atoms with Gasteiger partial charge in [-0.1, -0.05) is 23.7 Å². The Kier molecular flexibility index (Phi) is 4.65. The predicted octanol–water partition coefficient (Wildman–Crippen LogP) is 2.04. The van der Waals surface area contributed by atoms with Gasteiger partial charge in [0.15, 0.2) is 0 Å². The van der Waals surface area contributed by atoms with Crippen molar-refractivity contribution in [1.82, 2.24) is 10.2 Å². The average molecular weight is 295 g/mol. The van der Waals surface area contributed by atoms with Crippen LogP contribution in [0.2, 0.25) is 5.02 Å². The molecular weight excluding hydrogens is 276 g/mol. The summed E-state index contributed by atoms with van der Waals surface area (Å²) in [5.74, 6) is 0.329. The van der Waals surface area contributed by atoms with Crippen molar-refractivity contribution in [1.29, 1.82) is 0 Å². The second-order valence-electron chi connectivity index (χ2n) is 5.33. The van der Waals surface area contributed by atoms with Crippen LogP contribution in [0.15, 0.2) is 24.3 Å². The zero-order valence-corrected chi connectivity index (χ0v) is 12.5. The second-order valence-corrected chi connectivity index (χ2v) is 5.77. The van der Waals surface area contributed by atoms with Crippen LogP contribution in [-0.4, -0.2) is 37.4 Å². The van der Waals surface area contributed by atoms with Crippen LogP contribution in [0.4, 0.5) is 0 Å². The maximum atomic E-state index is 12.0. The van der Waals surface area contributed by atoms with E-state index in [1.54, 1.807) is 14.1 Å². The van der Waals surface area contributed by atoms with Gasteiger partial charge in [0.25, 0.3) is 0 Å². The molecule has 1 fully saturated rings. The van der Waals surface area contributed by atoms with Crippen molar-refractivity contribution in [3.8, 4) is 0 Å². The van der Waals surface area contributed by atoms with Crippen LogP contribution >= 0.6 is 11.6 Å². The van der Waals surface area contributed by atoms with Crippen molar-refractivity contribution in [2.24, 2.45) is 5.92 Å². The van der Waals surface area contributed by atoms with Crippen molar-refractivity contribution < 1.29 is 9.59 Å². The highest BCUT2D eigenvalue weighted by Gasteiger charge is 2.43. The van der Waals surface area contributed by atoms with Gasteiger partial charge in [-0.2, -0.15) is 0 Å². The number of benzene rings is 1. The van der Waals surface area contributed by atoms with Gasteiger partial charge in [0.05, 0.1) is 0 Å². The molecule has 1 aromatic rings. The number of nitrogens with zero attached hydrogens (tertiary/aromatic N) is 1. The molecule has 0 aromatic heterocycles. The summed E-state index contributed by atoms with van der Waals surface area (Å²) in [6.45, 7) is 0.397. The number of halogens is 1. The van der Waals surface area contributed by atoms with Crippen molar-refractivity contribution in [2.75, 3.05) is 20.6 Å². The third-order valence-electron chi connectivity index (χ3n) is 3.54. The lowest BCUT2D eigenvalue weighted by Gasteiger charge is -2.10. The van der Waals surface area contributed by atoms with Gasteiger partial charge in [-0.25, -0.2) is 0 Å². The molecule has 1 aliphatic rings. The third-order valence-corrected chi connectivity index (χ3v) is 3.78. The molecular formula is C15H19ClN2O2. The lowest BCUT2D eigenvalue weighted by Crippen LogP contribution is -2.31. The van der Waals surface area contributed by atoms with Gasteiger partial charge >= 0.3 is 0 Å². The molecule has 20 heavy (non-hydrogen) atoms. The average Bonchev–Trinajstić information content (AvgIpc) is 3.18. The molecule has 2 rings (SSSR count). The molecule has 1 aromatic carbocycles. The van der Waals surface area contributed by atoms with Gasteiger partial charge < -0.3 is 10.2 Å². The van der Waals surface area contributed by atoms with Crippen LogP contribution in [0.1, 0.15) is 24.3 Å². The zero-order valence-electron chi connectivity index (χ0n) is 11.7. The Hall–Kier alpha value is -1.55. The molecule has 0 heterocycles. The minimum atomic E-state index is 0.0166. The minimum Gasteiger partial charge on any atom is -0.355 e. The molecule has 0 radical (unpaired) electrons. The summed E-state index contributed by atoms with van der Waals surface area (Å²) in [5.41, 5.74) is 1.11. The SMILES string of the molecule is CN(C)C(=O)CCNC(=O)[C@@H]1C[C@H]1c1cccc(Cl)c1. The third kappa shape index (κ3) is 3.73. The molecule has 0 saturated heterocycles. The highest BCUT2D eigenvalue weighted by Crippen LogP contribution is 2.47. The Morgan fingerprint density at radius 2 is 2.15 bits per heavy atom. The largest absolute Gasteiger partial charge is 0.355 e. The zero-order chi connectivity index (χ0) is 14.7. The van der Waals surface area contributed by atoms with Crippen molar-refractivity contribution in [2.45, 2.75) is 18.8 Å². The monoisotopic (exact) mass is 294 g/mol. The topological polar surface area (TPSA) is 49.4 Å². The smallest absolute Gasteiger partial charge is 0.223 e. The van der Waals surface area contributed by atoms with E-state index >= 15 is 0 Å². The van der Waals surface area contributed by atoms with Crippen molar-refractivity contribution >= 4 is 23.4 Å². The number of rotatable bonds is 5. The van der Waals surface area contributed by atoms with Gasteiger partial charge in [0.2, 0.25) is 11.8 Å². The first kappa shape index (κ1) is 14.9. The Labute approximate surface area is 124 Å². The van der Waals surface area contributed by atoms with Crippen LogP contribution in [0.3, 0.4) is 0 Å². The Balaban J connectivity index is 1.77. The van der Waals surface area contributed by atoms with E-state index in [1.165, 1.54) is 4.90 Å². The highest BCUT2D eigenvalue weighted by atomic mass is 35.5. The Bertz CT molecular complexity index is 516. The molecule has 5 heteroatoms. The molecule has 2 atom stereocenters. The van der Waals surface area contributed by atoms with Crippen LogP contribution in [0, 0.1) is 5.92 Å². The van der Waals surface area contributed by atoms with E-state index in [9.17, 15) is 9.59 Å². The van der Waals surface area contributed by atoms with E-state index in [2.05, 4.69) is 5.32 Å². The standard InChI is InChI=1S/C15H19ClN2O2/c1-18(2)14(19)6-7-17-15(20)13-9-12(13)10-4-3-5-11(16)8-10/h3-5,8,12-13H,6-7,9H2,1-2H3,(H,17,20)/t12-,13+/m0/s1. The lowest BCUT2D eigenvalue weighted by molar-refractivity contribution is -0.128. The maximum absolute atomic E-state index is 12.0. The molecule has 1 saturated carbocycles. The van der Waals surface area contributed by atoms with E-state index in [1.807, 2.05) is 24.3 Å². The summed E-state index contributed by atoms with van der Waals surface area (Å²) in [6, 6.07) is 7.64. The summed E-state index contributed by atoms with van der Waals surface area (Å²) >= 11 is 5.95. The maximum Gasteiger partial charge on any atom is 0.223 e. The van der Waals surface area contributed by atoms with E-state index in [-0.39, 0.29) is 23.7 Å². The van der Waals surface area contributed by atoms with E-state index in [4.69, 9.17) is 11.6 Å². The number of nitrogens with one attached hydrogen (secondary N) is 1. The number of hydrogen-bond acceptors (Lipinski definition) is 2. The van der Waals surface area contributed by atoms with Crippen molar-refractivity contribution in [3.05, 3.63) is 34.9 Å². The van der Waals surface area contributed by atoms with Gasteiger partial charge in [-0.3, -0.25) is 9.59 Å². The van der Waals surface area contributed by atoms with E-state index in [0.717, 1.165) is 12.0 Å². The molecule has 0 bridgehead atoms. The summed E-state index contributed by atoms with van der Waals surface area (Å²) in [4.78, 5) is 24.9. The molecule has 4 nitrogen and oxygen atoms in total. The van der Waals surface area contributed by atoms with Crippen LogP contribution in [-0.2, 0) is 9.59 Å². The summed E-state index contributed by atoms with van der Waals surface area (Å²) in [5, 5.41) is 3.52. The normalized spacial score (nSPS) is 20.4. The lowest BCUT2D eigenvalue weighted by atomic mass is 10.1. The minimum absolute atomic E-state index is 0.0166. The number of amides is 2. The Morgan fingerprint density at radius 1 is 1.40 bits per heavy atom. The van der Waals surface area contributed by atoms with Crippen molar-refractivity contribution in [3.63, 3.8) is 0 Å². The van der Waals surface area contributed by atoms with Crippen LogP contribution in [0.5, 0.6) is 0 Å². The fourth-order valence-corrected chi connectivity index (χ4v) is 2.44. The second kappa shape index (κ2) is 6.27. The quantitative estimate of drug-likeness (QED) is 0.903. The van der Waals surface area contributed by atoms with Gasteiger partial charge in [0.1, 0.15) is 0 Å². The number of carbonyl (C=O) groups is 2. The fourth-order valence-electron chi connectivity index (χ4n) is 2.24. The number of hydrogen-bond donors (Lipinski definition) is 1. The van der Waals surface area contributed by atoms with E-state index in [0.29, 0.717) is 18.0 Å². The molecule has 2 amide bonds. The first-order chi connectivity index (χ1) is 9.49. The van der Waals surface area contributed by atoms with Gasteiger partial charge in [-0.05, 0) is 30.0 Å². The molecule has 0 spiro atoms. The summed E-state index contributed by atoms with van der Waals surface area (Å²) in [7, 11) is 3.42. The van der Waals surface area contributed by atoms with Gasteiger partial charge in [-0.15, -0.1) is 0 Å². The molecule has 1 aliphatic carbocycles. The first-order valence-corrected chi connectivity index (χ1v) is 7.10. The molecule has 0 aliphatic heterocycles. The summed E-state index contributed by atoms with van der Waals surface area (Å²) in [6.07, 6.45) is 1.20. The van der Waals surface area contributed by atoms with Crippen LogP contribution < -0.4 is 5.32 Å². The highest BCUT2D eigenvalue weighted by molar-refractivity contribution is 6.30. The molecule has 108 valence electrons. The van der Waals surface area contributed by atoms with E-state index < -0.39 is 0 Å². The predicted molar refractivity (Wildman–Crippen MR) is 78.6 cm³/mol. The fraction of sp³-hybridized carbons (Fsp3) is 0.467. The number of carbonyl (C=O) groups excluding carboxylic acids is 2. The summed E-state index contributed by atoms with van der Waals surface area (Å²) < 4.78 is 0. The van der Waals surface area contributed by atoms with Gasteiger partial charge in [0, 0.05) is 38.0 Å². The van der Waals surface area contributed by atoms with Crippen LogP contribution in [0.25, 0.3) is 0 Å².